The molecular weight excluding hydrogens is 138 g/mol. The molecule has 62 valence electrons. The van der Waals surface area contributed by atoms with E-state index in [9.17, 15) is 0 Å². The highest BCUT2D eigenvalue weighted by molar-refractivity contribution is 5.18. The molecule has 2 heterocycles. The Balaban J connectivity index is 0.000000281. The lowest BCUT2D eigenvalue weighted by Crippen LogP contribution is -2.22. The van der Waals surface area contributed by atoms with Crippen molar-refractivity contribution in [3.63, 3.8) is 0 Å². The van der Waals surface area contributed by atoms with Crippen LogP contribution in [0.4, 0.5) is 0 Å². The fourth-order valence-corrected chi connectivity index (χ4v) is 1.14. The summed E-state index contributed by atoms with van der Waals surface area (Å²) in [6, 6.07) is 0. The molecule has 1 aliphatic rings. The Morgan fingerprint density at radius 1 is 1.45 bits per heavy atom. The van der Waals surface area contributed by atoms with Gasteiger partial charge in [-0.3, -0.25) is 5.10 Å². The number of nitrogens with one attached hydrogen (secondary N) is 2. The molecule has 0 radical (unpaired) electrons. The second kappa shape index (κ2) is 4.13. The molecular formula is C8H15N3. The van der Waals surface area contributed by atoms with E-state index in [4.69, 9.17) is 0 Å². The number of aromatic nitrogens is 2. The molecule has 1 aliphatic heterocycles. The van der Waals surface area contributed by atoms with Crippen molar-refractivity contribution in [1.29, 1.82) is 0 Å². The number of H-pyrrole nitrogens is 1. The van der Waals surface area contributed by atoms with Crippen LogP contribution in [-0.2, 0) is 13.0 Å². The van der Waals surface area contributed by atoms with Crippen LogP contribution < -0.4 is 5.32 Å². The Hall–Kier alpha value is -0.830. The van der Waals surface area contributed by atoms with Gasteiger partial charge < -0.3 is 5.32 Å². The van der Waals surface area contributed by atoms with Crippen LogP contribution in [0.15, 0.2) is 6.20 Å². The normalized spacial score (nSPS) is 14.7. The van der Waals surface area contributed by atoms with E-state index in [0.717, 1.165) is 19.5 Å². The van der Waals surface area contributed by atoms with Crippen molar-refractivity contribution >= 4 is 0 Å². The van der Waals surface area contributed by atoms with Crippen molar-refractivity contribution in [2.75, 3.05) is 6.54 Å². The van der Waals surface area contributed by atoms with Crippen molar-refractivity contribution < 1.29 is 0 Å². The second-order valence-electron chi connectivity index (χ2n) is 2.30. The van der Waals surface area contributed by atoms with E-state index in [2.05, 4.69) is 15.5 Å². The first kappa shape index (κ1) is 8.27. The molecule has 3 heteroatoms. The number of hydrogen-bond donors (Lipinski definition) is 2. The van der Waals surface area contributed by atoms with Gasteiger partial charge in [-0.05, 0) is 18.5 Å². The predicted molar refractivity (Wildman–Crippen MR) is 45.3 cm³/mol. The van der Waals surface area contributed by atoms with Gasteiger partial charge in [0.25, 0.3) is 0 Å². The van der Waals surface area contributed by atoms with Gasteiger partial charge >= 0.3 is 0 Å². The maximum Gasteiger partial charge on any atom is 0.0523 e. The number of fused-ring (bicyclic) bond motifs is 1. The summed E-state index contributed by atoms with van der Waals surface area (Å²) in [7, 11) is 0. The van der Waals surface area contributed by atoms with Crippen LogP contribution in [0.1, 0.15) is 25.1 Å². The minimum absolute atomic E-state index is 0.954. The van der Waals surface area contributed by atoms with Crippen LogP contribution in [0.25, 0.3) is 0 Å². The smallest absolute Gasteiger partial charge is 0.0523 e. The first-order chi connectivity index (χ1) is 5.47. The summed E-state index contributed by atoms with van der Waals surface area (Å²) in [5.41, 5.74) is 2.62. The minimum atomic E-state index is 0.954. The molecule has 2 rings (SSSR count). The number of rotatable bonds is 0. The molecule has 0 fully saturated rings. The molecule has 0 saturated carbocycles. The Morgan fingerprint density at radius 2 is 2.27 bits per heavy atom. The average molecular weight is 153 g/mol. The Kier molecular flexibility index (Phi) is 3.11. The molecule has 0 aromatic carbocycles. The molecule has 0 spiro atoms. The van der Waals surface area contributed by atoms with E-state index in [1.165, 1.54) is 11.3 Å². The van der Waals surface area contributed by atoms with E-state index in [1.54, 1.807) is 0 Å². The third-order valence-electron chi connectivity index (χ3n) is 1.68. The average Bonchev–Trinajstić information content (AvgIpc) is 2.55. The maximum absolute atomic E-state index is 3.94. The first-order valence-corrected chi connectivity index (χ1v) is 4.18. The molecule has 0 unspecified atom stereocenters. The molecule has 2 N–H and O–H groups in total. The van der Waals surface area contributed by atoms with Gasteiger partial charge in [0.1, 0.15) is 0 Å². The molecule has 0 amide bonds. The lowest BCUT2D eigenvalue weighted by Gasteiger charge is -2.10. The van der Waals surface area contributed by atoms with Crippen molar-refractivity contribution in [3.8, 4) is 0 Å². The van der Waals surface area contributed by atoms with Gasteiger partial charge in [0.05, 0.1) is 11.9 Å². The molecule has 0 atom stereocenters. The van der Waals surface area contributed by atoms with Crippen LogP contribution >= 0.6 is 0 Å². The van der Waals surface area contributed by atoms with Gasteiger partial charge in [0.15, 0.2) is 0 Å². The Bertz CT molecular complexity index is 184. The van der Waals surface area contributed by atoms with Crippen LogP contribution in [0, 0.1) is 0 Å². The number of aromatic amines is 1. The van der Waals surface area contributed by atoms with Crippen molar-refractivity contribution in [2.45, 2.75) is 26.8 Å². The molecule has 1 aromatic heterocycles. The SMILES string of the molecule is CC.c1n[nH]c2c1CCNC2. The number of nitrogens with zero attached hydrogens (tertiary/aromatic N) is 1. The van der Waals surface area contributed by atoms with Gasteiger partial charge in [-0.1, -0.05) is 13.8 Å². The molecule has 1 aromatic rings. The molecule has 0 saturated heterocycles. The molecule has 0 bridgehead atoms. The summed E-state index contributed by atoms with van der Waals surface area (Å²) in [6.45, 7) is 6.04. The van der Waals surface area contributed by atoms with Crippen LogP contribution in [0.5, 0.6) is 0 Å². The van der Waals surface area contributed by atoms with E-state index >= 15 is 0 Å². The van der Waals surface area contributed by atoms with Crippen molar-refractivity contribution in [3.05, 3.63) is 17.5 Å². The lowest BCUT2D eigenvalue weighted by molar-refractivity contribution is 0.632. The Labute approximate surface area is 67.2 Å². The molecule has 11 heavy (non-hydrogen) atoms. The second-order valence-corrected chi connectivity index (χ2v) is 2.30. The monoisotopic (exact) mass is 153 g/mol. The van der Waals surface area contributed by atoms with Gasteiger partial charge in [-0.2, -0.15) is 5.10 Å². The quantitative estimate of drug-likeness (QED) is 0.585. The largest absolute Gasteiger partial charge is 0.311 e. The summed E-state index contributed by atoms with van der Waals surface area (Å²) in [5.74, 6) is 0. The van der Waals surface area contributed by atoms with Crippen LogP contribution in [0.3, 0.4) is 0 Å². The number of hydrogen-bond acceptors (Lipinski definition) is 2. The standard InChI is InChI=1S/C6H9N3.C2H6/c1-2-7-4-6-5(1)3-8-9-6;1-2/h3,7H,1-2,4H2,(H,8,9);1-2H3. The summed E-state index contributed by atoms with van der Waals surface area (Å²) >= 11 is 0. The predicted octanol–water partition coefficient (Wildman–Crippen LogP) is 1.08. The molecule has 0 aliphatic carbocycles. The highest BCUT2D eigenvalue weighted by Crippen LogP contribution is 2.07. The van der Waals surface area contributed by atoms with E-state index < -0.39 is 0 Å². The van der Waals surface area contributed by atoms with E-state index in [1.807, 2.05) is 20.0 Å². The topological polar surface area (TPSA) is 40.7 Å². The van der Waals surface area contributed by atoms with E-state index in [-0.39, 0.29) is 0 Å². The van der Waals surface area contributed by atoms with Crippen LogP contribution in [0.2, 0.25) is 0 Å². The fraction of sp³-hybridized carbons (Fsp3) is 0.625. The minimum Gasteiger partial charge on any atom is -0.311 e. The van der Waals surface area contributed by atoms with Gasteiger partial charge in [-0.25, -0.2) is 0 Å². The maximum atomic E-state index is 3.94. The van der Waals surface area contributed by atoms with E-state index in [0.29, 0.717) is 0 Å². The third-order valence-corrected chi connectivity index (χ3v) is 1.68. The highest BCUT2D eigenvalue weighted by Gasteiger charge is 2.08. The zero-order valence-corrected chi connectivity index (χ0v) is 7.15. The lowest BCUT2D eigenvalue weighted by atomic mass is 10.1. The molecule has 3 nitrogen and oxygen atoms in total. The van der Waals surface area contributed by atoms with Gasteiger partial charge in [0.2, 0.25) is 0 Å². The van der Waals surface area contributed by atoms with Gasteiger partial charge in [0, 0.05) is 6.54 Å². The third kappa shape index (κ3) is 1.80. The zero-order valence-electron chi connectivity index (χ0n) is 7.15. The van der Waals surface area contributed by atoms with Gasteiger partial charge in [-0.15, -0.1) is 0 Å². The Morgan fingerprint density at radius 3 is 3.00 bits per heavy atom. The highest BCUT2D eigenvalue weighted by atomic mass is 15.1. The first-order valence-electron chi connectivity index (χ1n) is 4.18. The summed E-state index contributed by atoms with van der Waals surface area (Å²) in [4.78, 5) is 0. The van der Waals surface area contributed by atoms with Crippen LogP contribution in [-0.4, -0.2) is 16.7 Å². The summed E-state index contributed by atoms with van der Waals surface area (Å²) < 4.78 is 0. The zero-order chi connectivity index (χ0) is 8.10. The summed E-state index contributed by atoms with van der Waals surface area (Å²) in [6.07, 6.45) is 3.03. The van der Waals surface area contributed by atoms with Crippen molar-refractivity contribution in [2.24, 2.45) is 0 Å². The summed E-state index contributed by atoms with van der Waals surface area (Å²) in [5, 5.41) is 10.1. The fourth-order valence-electron chi connectivity index (χ4n) is 1.14. The van der Waals surface area contributed by atoms with Crippen molar-refractivity contribution in [1.82, 2.24) is 15.5 Å².